The van der Waals surface area contributed by atoms with Gasteiger partial charge in [0.15, 0.2) is 0 Å². The number of nitro benzene ring substituents is 1. The molecule has 0 unspecified atom stereocenters. The van der Waals surface area contributed by atoms with Gasteiger partial charge in [-0.05, 0) is 18.6 Å². The van der Waals surface area contributed by atoms with E-state index in [4.69, 9.17) is 10.8 Å². The van der Waals surface area contributed by atoms with Crippen LogP contribution in [0.25, 0.3) is 0 Å². The molecule has 22 heavy (non-hydrogen) atoms. The van der Waals surface area contributed by atoms with Gasteiger partial charge in [0.25, 0.3) is 5.69 Å². The average molecular weight is 311 g/mol. The van der Waals surface area contributed by atoms with Crippen molar-refractivity contribution in [2.24, 2.45) is 5.73 Å². The molecule has 0 aliphatic carbocycles. The highest BCUT2D eigenvalue weighted by molar-refractivity contribution is 5.94. The number of non-ortho nitro benzene ring substituents is 1. The number of hydrogen-bond donors (Lipinski definition) is 3. The van der Waals surface area contributed by atoms with E-state index < -0.39 is 29.0 Å². The number of carboxylic acids is 1. The van der Waals surface area contributed by atoms with Gasteiger partial charge < -0.3 is 15.6 Å². The van der Waals surface area contributed by atoms with Crippen molar-refractivity contribution in [1.82, 2.24) is 0 Å². The number of carbonyl (C=O) groups is 3. The van der Waals surface area contributed by atoms with Crippen molar-refractivity contribution in [3.8, 4) is 0 Å². The minimum Gasteiger partial charge on any atom is -0.481 e. The number of carbonyl (C=O) groups excluding carboxylic acids is 2. The van der Waals surface area contributed by atoms with Crippen molar-refractivity contribution in [3.05, 3.63) is 34.4 Å². The summed E-state index contributed by atoms with van der Waals surface area (Å²) >= 11 is 0. The molecule has 0 radical (unpaired) electrons. The van der Waals surface area contributed by atoms with Crippen LogP contribution in [0.2, 0.25) is 0 Å². The lowest BCUT2D eigenvalue weighted by molar-refractivity contribution is -0.384. The van der Waals surface area contributed by atoms with E-state index in [1.807, 2.05) is 0 Å². The van der Waals surface area contributed by atoms with Gasteiger partial charge in [0.2, 0.25) is 0 Å². The Bertz CT molecular complexity index is 585. The number of anilines is 1. The van der Waals surface area contributed by atoms with Gasteiger partial charge in [-0.1, -0.05) is 0 Å². The summed E-state index contributed by atoms with van der Waals surface area (Å²) in [5.41, 5.74) is 5.39. The number of benzene rings is 1. The fourth-order valence-corrected chi connectivity index (χ4v) is 1.37. The smallest absolute Gasteiger partial charge is 0.419 e. The molecule has 1 rings (SSSR count). The molecule has 10 nitrogen and oxygen atoms in total. The van der Waals surface area contributed by atoms with Crippen molar-refractivity contribution in [2.45, 2.75) is 18.9 Å². The van der Waals surface area contributed by atoms with Crippen LogP contribution < -0.4 is 11.1 Å². The maximum Gasteiger partial charge on any atom is 0.419 e. The minimum atomic E-state index is -1.24. The first kappa shape index (κ1) is 17.0. The Hall–Kier alpha value is -3.01. The number of amides is 1. The largest absolute Gasteiger partial charge is 0.481 e. The van der Waals surface area contributed by atoms with Gasteiger partial charge in [-0.15, -0.1) is 0 Å². The zero-order chi connectivity index (χ0) is 16.7. The first-order chi connectivity index (χ1) is 10.3. The van der Waals surface area contributed by atoms with Crippen LogP contribution in [-0.4, -0.2) is 34.1 Å². The molecular formula is C12H13N3O7. The second-order valence-electron chi connectivity index (χ2n) is 4.18. The Labute approximate surface area is 124 Å². The van der Waals surface area contributed by atoms with Crippen LogP contribution in [0, 0.1) is 10.1 Å². The number of ether oxygens (including phenoxy) is 1. The van der Waals surface area contributed by atoms with Crippen molar-refractivity contribution in [1.29, 1.82) is 0 Å². The molecule has 0 fully saturated rings. The van der Waals surface area contributed by atoms with Gasteiger partial charge in [-0.3, -0.25) is 20.2 Å². The van der Waals surface area contributed by atoms with Crippen molar-refractivity contribution >= 4 is 29.4 Å². The van der Waals surface area contributed by atoms with Crippen LogP contribution in [0.15, 0.2) is 24.3 Å². The predicted octanol–water partition coefficient (Wildman–Crippen LogP) is 0.862. The van der Waals surface area contributed by atoms with E-state index >= 15 is 0 Å². The summed E-state index contributed by atoms with van der Waals surface area (Å²) in [6, 6.07) is 3.60. The summed E-state index contributed by atoms with van der Waals surface area (Å²) in [5.74, 6) is -2.20. The summed E-state index contributed by atoms with van der Waals surface area (Å²) in [7, 11) is 0. The van der Waals surface area contributed by atoms with Gasteiger partial charge in [0.1, 0.15) is 6.04 Å². The zero-order valence-corrected chi connectivity index (χ0v) is 11.2. The Kier molecular flexibility index (Phi) is 5.96. The number of aliphatic carboxylic acids is 1. The fraction of sp³-hybridized carbons (Fsp3) is 0.250. The van der Waals surface area contributed by atoms with Gasteiger partial charge in [0.05, 0.1) is 4.92 Å². The normalized spacial score (nSPS) is 11.3. The number of nitrogens with one attached hydrogen (secondary N) is 1. The molecule has 10 heteroatoms. The monoisotopic (exact) mass is 311 g/mol. The Morgan fingerprint density at radius 1 is 1.32 bits per heavy atom. The van der Waals surface area contributed by atoms with E-state index in [-0.39, 0.29) is 24.2 Å². The van der Waals surface area contributed by atoms with Crippen LogP contribution >= 0.6 is 0 Å². The summed E-state index contributed by atoms with van der Waals surface area (Å²) in [6.45, 7) is 0. The van der Waals surface area contributed by atoms with E-state index in [0.717, 1.165) is 12.1 Å². The number of nitro groups is 1. The zero-order valence-electron chi connectivity index (χ0n) is 11.2. The quantitative estimate of drug-likeness (QED) is 0.301. The SMILES string of the molecule is N[C@@H](CCC(=O)O)C(=O)OC(=O)Nc1ccc([N+](=O)[O-])cc1. The molecule has 118 valence electrons. The Balaban J connectivity index is 2.49. The Morgan fingerprint density at radius 3 is 2.41 bits per heavy atom. The molecule has 4 N–H and O–H groups in total. The molecule has 0 spiro atoms. The highest BCUT2D eigenvalue weighted by atomic mass is 16.6. The lowest BCUT2D eigenvalue weighted by Gasteiger charge is -2.09. The van der Waals surface area contributed by atoms with E-state index in [9.17, 15) is 24.5 Å². The first-order valence-corrected chi connectivity index (χ1v) is 6.04. The van der Waals surface area contributed by atoms with Gasteiger partial charge in [-0.2, -0.15) is 0 Å². The van der Waals surface area contributed by atoms with Crippen LogP contribution in [0.3, 0.4) is 0 Å². The molecule has 0 aliphatic rings. The van der Waals surface area contributed by atoms with Crippen LogP contribution in [0.4, 0.5) is 16.2 Å². The lowest BCUT2D eigenvalue weighted by atomic mass is 10.2. The third kappa shape index (κ3) is 5.54. The molecule has 0 saturated carbocycles. The van der Waals surface area contributed by atoms with Gasteiger partial charge >= 0.3 is 18.0 Å². The average Bonchev–Trinajstić information content (AvgIpc) is 2.44. The highest BCUT2D eigenvalue weighted by Crippen LogP contribution is 2.15. The fourth-order valence-electron chi connectivity index (χ4n) is 1.37. The summed E-state index contributed by atoms with van der Waals surface area (Å²) < 4.78 is 4.39. The third-order valence-corrected chi connectivity index (χ3v) is 2.49. The van der Waals surface area contributed by atoms with Crippen molar-refractivity contribution < 1.29 is 29.2 Å². The van der Waals surface area contributed by atoms with E-state index in [1.54, 1.807) is 0 Å². The molecule has 0 bridgehead atoms. The molecule has 0 heterocycles. The number of rotatable bonds is 6. The molecule has 1 aromatic rings. The maximum absolute atomic E-state index is 11.4. The van der Waals surface area contributed by atoms with Crippen LogP contribution in [-0.2, 0) is 14.3 Å². The summed E-state index contributed by atoms with van der Waals surface area (Å²) in [4.78, 5) is 43.0. The topological polar surface area (TPSA) is 162 Å². The molecule has 1 aromatic carbocycles. The highest BCUT2D eigenvalue weighted by Gasteiger charge is 2.20. The number of nitrogens with zero attached hydrogens (tertiary/aromatic N) is 1. The minimum absolute atomic E-state index is 0.161. The number of esters is 1. The van der Waals surface area contributed by atoms with Crippen molar-refractivity contribution in [2.75, 3.05) is 5.32 Å². The first-order valence-electron chi connectivity index (χ1n) is 6.04. The van der Waals surface area contributed by atoms with Crippen molar-refractivity contribution in [3.63, 3.8) is 0 Å². The molecule has 1 amide bonds. The van der Waals surface area contributed by atoms with Crippen LogP contribution in [0.1, 0.15) is 12.8 Å². The predicted molar refractivity (Wildman–Crippen MR) is 73.1 cm³/mol. The third-order valence-electron chi connectivity index (χ3n) is 2.49. The summed E-state index contributed by atoms with van der Waals surface area (Å²) in [5, 5.41) is 21.1. The number of hydrogen-bond acceptors (Lipinski definition) is 7. The second kappa shape index (κ2) is 7.69. The molecule has 1 atom stereocenters. The number of carboxylic acid groups (broad SMARTS) is 1. The standard InChI is InChI=1S/C12H13N3O7/c13-9(5-6-10(16)17)11(18)22-12(19)14-7-1-3-8(4-2-7)15(20)21/h1-4,9H,5-6,13H2,(H,14,19)(H,16,17)/t9-/m0/s1. The lowest BCUT2D eigenvalue weighted by Crippen LogP contribution is -2.35. The van der Waals surface area contributed by atoms with E-state index in [1.165, 1.54) is 12.1 Å². The maximum atomic E-state index is 11.4. The Morgan fingerprint density at radius 2 is 1.91 bits per heavy atom. The molecule has 0 aromatic heterocycles. The van der Waals surface area contributed by atoms with E-state index in [0.29, 0.717) is 0 Å². The number of nitrogens with two attached hydrogens (primary N) is 1. The van der Waals surface area contributed by atoms with Crippen LogP contribution in [0.5, 0.6) is 0 Å². The molecule has 0 aliphatic heterocycles. The second-order valence-corrected chi connectivity index (χ2v) is 4.18. The summed E-state index contributed by atoms with van der Waals surface area (Å²) in [6.07, 6.45) is -1.62. The van der Waals surface area contributed by atoms with Gasteiger partial charge in [-0.25, -0.2) is 9.59 Å². The van der Waals surface area contributed by atoms with E-state index in [2.05, 4.69) is 10.1 Å². The molecular weight excluding hydrogens is 298 g/mol. The van der Waals surface area contributed by atoms with Gasteiger partial charge in [0, 0.05) is 24.2 Å². The molecule has 0 saturated heterocycles.